The van der Waals surface area contributed by atoms with Crippen LogP contribution in [0.15, 0.2) is 25.3 Å². The summed E-state index contributed by atoms with van der Waals surface area (Å²) < 4.78 is 10.9. The highest BCUT2D eigenvalue weighted by atomic mass is 16.5. The average Bonchev–Trinajstić information content (AvgIpc) is 2.92. The molecule has 2 aliphatic rings. The third kappa shape index (κ3) is 13.7. The molecule has 0 saturated heterocycles. The van der Waals surface area contributed by atoms with Gasteiger partial charge in [0.1, 0.15) is 0 Å². The summed E-state index contributed by atoms with van der Waals surface area (Å²) >= 11 is 0. The van der Waals surface area contributed by atoms with Gasteiger partial charge in [0.05, 0.1) is 13.2 Å². The highest BCUT2D eigenvalue weighted by Crippen LogP contribution is 2.31. The Morgan fingerprint density at radius 1 is 0.611 bits per heavy atom. The molecule has 2 rings (SSSR count). The summed E-state index contributed by atoms with van der Waals surface area (Å²) in [7, 11) is 0. The van der Waals surface area contributed by atoms with Crippen LogP contribution in [0.3, 0.4) is 0 Å². The van der Waals surface area contributed by atoms with Gasteiger partial charge in [-0.25, -0.2) is 9.59 Å². The lowest BCUT2D eigenvalue weighted by atomic mass is 9.82. The van der Waals surface area contributed by atoms with Gasteiger partial charge in [0.2, 0.25) is 0 Å². The van der Waals surface area contributed by atoms with E-state index in [-0.39, 0.29) is 19.1 Å². The van der Waals surface area contributed by atoms with Gasteiger partial charge in [-0.1, -0.05) is 129 Å². The fourth-order valence-electron chi connectivity index (χ4n) is 6.42. The van der Waals surface area contributed by atoms with Crippen molar-refractivity contribution in [3.8, 4) is 0 Å². The molecule has 0 amide bonds. The molecule has 206 valence electrons. The van der Waals surface area contributed by atoms with E-state index in [0.717, 1.165) is 24.7 Å². The summed E-state index contributed by atoms with van der Waals surface area (Å²) in [6.07, 6.45) is 29.2. The molecule has 0 spiro atoms. The van der Waals surface area contributed by atoms with E-state index in [4.69, 9.17) is 9.47 Å². The summed E-state index contributed by atoms with van der Waals surface area (Å²) in [5.41, 5.74) is 0. The van der Waals surface area contributed by atoms with E-state index in [9.17, 15) is 9.59 Å². The van der Waals surface area contributed by atoms with Crippen LogP contribution in [0.4, 0.5) is 0 Å². The molecule has 36 heavy (non-hydrogen) atoms. The number of esters is 2. The number of unbranched alkanes of at least 4 members (excludes halogenated alkanes) is 4. The third-order valence-electron chi connectivity index (χ3n) is 8.70. The summed E-state index contributed by atoms with van der Waals surface area (Å²) in [6.45, 7) is 7.59. The Bertz CT molecular complexity index is 564. The van der Waals surface area contributed by atoms with Gasteiger partial charge in [-0.15, -0.1) is 0 Å². The van der Waals surface area contributed by atoms with Crippen molar-refractivity contribution in [3.05, 3.63) is 25.3 Å². The smallest absolute Gasteiger partial charge is 0.330 e. The molecule has 2 aliphatic carbocycles. The van der Waals surface area contributed by atoms with E-state index in [2.05, 4.69) is 13.2 Å². The van der Waals surface area contributed by atoms with Crippen molar-refractivity contribution in [2.75, 3.05) is 13.2 Å². The second kappa shape index (κ2) is 19.5. The zero-order chi connectivity index (χ0) is 25.8. The van der Waals surface area contributed by atoms with Crippen LogP contribution in [0.25, 0.3) is 0 Å². The van der Waals surface area contributed by atoms with Crippen LogP contribution in [0.1, 0.15) is 128 Å². The molecule has 4 nitrogen and oxygen atoms in total. The molecule has 2 saturated carbocycles. The lowest BCUT2D eigenvalue weighted by Crippen LogP contribution is -2.27. The van der Waals surface area contributed by atoms with Gasteiger partial charge >= 0.3 is 11.9 Å². The van der Waals surface area contributed by atoms with Gasteiger partial charge in [-0.2, -0.15) is 0 Å². The first-order chi connectivity index (χ1) is 17.6. The largest absolute Gasteiger partial charge is 0.462 e. The Morgan fingerprint density at radius 2 is 1.03 bits per heavy atom. The van der Waals surface area contributed by atoms with Crippen molar-refractivity contribution >= 4 is 11.9 Å². The molecular formula is C32H54O4. The predicted molar refractivity (Wildman–Crippen MR) is 149 cm³/mol. The van der Waals surface area contributed by atoms with E-state index in [1.807, 2.05) is 0 Å². The third-order valence-corrected chi connectivity index (χ3v) is 8.70. The number of ether oxygens (including phenoxy) is 2. The molecular weight excluding hydrogens is 448 g/mol. The van der Waals surface area contributed by atoms with Gasteiger partial charge < -0.3 is 9.47 Å². The molecule has 0 N–H and O–H groups in total. The fourth-order valence-corrected chi connectivity index (χ4v) is 6.42. The first-order valence-corrected chi connectivity index (χ1v) is 15.2. The molecule has 4 heteroatoms. The number of carbonyl (C=O) groups is 2. The molecule has 0 heterocycles. The first kappa shape index (κ1) is 30.6. The van der Waals surface area contributed by atoms with E-state index in [1.54, 1.807) is 0 Å². The van der Waals surface area contributed by atoms with Crippen LogP contribution in [-0.2, 0) is 19.1 Å². The lowest BCUT2D eigenvalue weighted by Gasteiger charge is -2.27. The van der Waals surface area contributed by atoms with E-state index in [1.165, 1.54) is 128 Å². The van der Waals surface area contributed by atoms with Crippen molar-refractivity contribution in [1.29, 1.82) is 0 Å². The first-order valence-electron chi connectivity index (χ1n) is 15.2. The number of hydrogen-bond acceptors (Lipinski definition) is 4. The molecule has 0 aliphatic heterocycles. The van der Waals surface area contributed by atoms with Crippen LogP contribution in [0.2, 0.25) is 0 Å². The SMILES string of the molecule is C=CC(=O)OCC(COC(=O)C=C)C(CCCCCC1CCCCC1)CCCCCC1CCCCC1. The topological polar surface area (TPSA) is 52.6 Å². The summed E-state index contributed by atoms with van der Waals surface area (Å²) in [4.78, 5) is 23.5. The minimum absolute atomic E-state index is 0.0227. The highest BCUT2D eigenvalue weighted by molar-refractivity contribution is 5.81. The van der Waals surface area contributed by atoms with Gasteiger partial charge in [-0.05, 0) is 30.6 Å². The molecule has 0 bridgehead atoms. The maximum atomic E-state index is 11.8. The summed E-state index contributed by atoms with van der Waals surface area (Å²) in [6, 6.07) is 0. The van der Waals surface area contributed by atoms with Gasteiger partial charge in [0.25, 0.3) is 0 Å². The normalized spacial score (nSPS) is 17.3. The van der Waals surface area contributed by atoms with Crippen molar-refractivity contribution in [3.63, 3.8) is 0 Å². The van der Waals surface area contributed by atoms with Crippen molar-refractivity contribution < 1.29 is 19.1 Å². The predicted octanol–water partition coefficient (Wildman–Crippen LogP) is 8.74. The maximum absolute atomic E-state index is 11.8. The number of carbonyl (C=O) groups excluding carboxylic acids is 2. The summed E-state index contributed by atoms with van der Waals surface area (Å²) in [5, 5.41) is 0. The van der Waals surface area contributed by atoms with Crippen molar-refractivity contribution in [2.45, 2.75) is 128 Å². The number of rotatable bonds is 19. The Kier molecular flexibility index (Phi) is 16.6. The van der Waals surface area contributed by atoms with Crippen LogP contribution in [0.5, 0.6) is 0 Å². The quantitative estimate of drug-likeness (QED) is 0.101. The molecule has 0 aromatic heterocycles. The van der Waals surface area contributed by atoms with Crippen LogP contribution < -0.4 is 0 Å². The van der Waals surface area contributed by atoms with Crippen LogP contribution in [0, 0.1) is 23.7 Å². The lowest BCUT2D eigenvalue weighted by molar-refractivity contribution is -0.144. The van der Waals surface area contributed by atoms with Gasteiger partial charge in [0, 0.05) is 18.1 Å². The zero-order valence-electron chi connectivity index (χ0n) is 23.1. The Morgan fingerprint density at radius 3 is 1.42 bits per heavy atom. The number of hydrogen-bond donors (Lipinski definition) is 0. The molecule has 0 radical (unpaired) electrons. The monoisotopic (exact) mass is 502 g/mol. The fraction of sp³-hybridized carbons (Fsp3) is 0.812. The van der Waals surface area contributed by atoms with Crippen molar-refractivity contribution in [2.24, 2.45) is 23.7 Å². The average molecular weight is 503 g/mol. The van der Waals surface area contributed by atoms with Gasteiger partial charge in [0.15, 0.2) is 0 Å². The van der Waals surface area contributed by atoms with Crippen LogP contribution >= 0.6 is 0 Å². The Balaban J connectivity index is 1.82. The molecule has 2 fully saturated rings. The molecule has 0 atom stereocenters. The Labute approximate surface area is 221 Å². The molecule has 0 aromatic rings. The standard InChI is InChI=1S/C32H54O4/c1-3-31(33)35-25-30(26-36-32(34)4-2)29(23-15-7-13-21-27-17-9-5-10-18-27)24-16-8-14-22-28-19-11-6-12-20-28/h3-4,27-30H,1-2,5-26H2. The second-order valence-corrected chi connectivity index (χ2v) is 11.5. The van der Waals surface area contributed by atoms with Crippen LogP contribution in [-0.4, -0.2) is 25.2 Å². The molecule has 0 unspecified atom stereocenters. The Hall–Kier alpha value is -1.58. The zero-order valence-corrected chi connectivity index (χ0v) is 23.1. The minimum atomic E-state index is -0.409. The van der Waals surface area contributed by atoms with E-state index in [0.29, 0.717) is 5.92 Å². The van der Waals surface area contributed by atoms with E-state index < -0.39 is 11.9 Å². The molecule has 0 aromatic carbocycles. The maximum Gasteiger partial charge on any atom is 0.330 e. The minimum Gasteiger partial charge on any atom is -0.462 e. The highest BCUT2D eigenvalue weighted by Gasteiger charge is 2.24. The summed E-state index contributed by atoms with van der Waals surface area (Å²) in [5.74, 6) is 1.49. The van der Waals surface area contributed by atoms with Crippen molar-refractivity contribution in [1.82, 2.24) is 0 Å². The second-order valence-electron chi connectivity index (χ2n) is 11.5. The van der Waals surface area contributed by atoms with E-state index >= 15 is 0 Å². The van der Waals surface area contributed by atoms with Gasteiger partial charge in [-0.3, -0.25) is 0 Å².